The van der Waals surface area contributed by atoms with Crippen molar-refractivity contribution in [2.45, 2.75) is 32.7 Å². The lowest BCUT2D eigenvalue weighted by atomic mass is 9.96. The van der Waals surface area contributed by atoms with Crippen molar-refractivity contribution in [2.75, 3.05) is 0 Å². The zero-order chi connectivity index (χ0) is 19.4. The molecule has 0 saturated heterocycles. The van der Waals surface area contributed by atoms with Gasteiger partial charge in [0.05, 0.1) is 23.5 Å². The molecule has 3 N–H and O–H groups in total. The summed E-state index contributed by atoms with van der Waals surface area (Å²) in [4.78, 5) is 27.1. The largest absolute Gasteiger partial charge is 0.481 e. The van der Waals surface area contributed by atoms with Crippen molar-refractivity contribution < 1.29 is 14.7 Å². The fraction of sp³-hybridized carbons (Fsp3) is 0.273. The predicted octanol–water partition coefficient (Wildman–Crippen LogP) is 4.31. The number of carboxylic acid groups (broad SMARTS) is 1. The Morgan fingerprint density at radius 2 is 1.81 bits per heavy atom. The van der Waals surface area contributed by atoms with Crippen molar-refractivity contribution in [2.24, 2.45) is 5.92 Å². The number of para-hydroxylation sites is 1. The molecule has 0 aliphatic heterocycles. The van der Waals surface area contributed by atoms with Gasteiger partial charge in [0.1, 0.15) is 0 Å². The third-order valence-corrected chi connectivity index (χ3v) is 4.60. The summed E-state index contributed by atoms with van der Waals surface area (Å²) in [6, 6.07) is 15.2. The molecule has 1 atom stereocenters. The Morgan fingerprint density at radius 1 is 1.07 bits per heavy atom. The number of amides is 1. The second-order valence-corrected chi connectivity index (χ2v) is 7.18. The third kappa shape index (κ3) is 4.37. The van der Waals surface area contributed by atoms with E-state index in [9.17, 15) is 9.59 Å². The van der Waals surface area contributed by atoms with Crippen LogP contribution >= 0.6 is 0 Å². The van der Waals surface area contributed by atoms with Crippen molar-refractivity contribution in [3.63, 3.8) is 0 Å². The fourth-order valence-electron chi connectivity index (χ4n) is 3.38. The van der Waals surface area contributed by atoms with Gasteiger partial charge < -0.3 is 15.4 Å². The SMILES string of the molecule is CC(C)CC(NC(=O)c1cccc2c(CC(=O)O)c[nH]c12)c1ccccc1. The number of carbonyl (C=O) groups excluding carboxylic acids is 1. The summed E-state index contributed by atoms with van der Waals surface area (Å²) in [5.41, 5.74) is 2.94. The maximum Gasteiger partial charge on any atom is 0.307 e. The second-order valence-electron chi connectivity index (χ2n) is 7.18. The molecule has 0 spiro atoms. The van der Waals surface area contributed by atoms with E-state index in [1.54, 1.807) is 18.3 Å². The summed E-state index contributed by atoms with van der Waals surface area (Å²) in [5.74, 6) is -0.635. The number of fused-ring (bicyclic) bond motifs is 1. The number of hydrogen-bond acceptors (Lipinski definition) is 2. The first-order valence-corrected chi connectivity index (χ1v) is 9.12. The minimum absolute atomic E-state index is 0.0783. The average Bonchev–Trinajstić information content (AvgIpc) is 3.04. The van der Waals surface area contributed by atoms with Crippen molar-refractivity contribution in [3.8, 4) is 0 Å². The molecule has 27 heavy (non-hydrogen) atoms. The van der Waals surface area contributed by atoms with Crippen LogP contribution in [0.4, 0.5) is 0 Å². The molecule has 140 valence electrons. The zero-order valence-corrected chi connectivity index (χ0v) is 15.5. The first-order chi connectivity index (χ1) is 13.0. The highest BCUT2D eigenvalue weighted by Crippen LogP contribution is 2.25. The molecular formula is C22H24N2O3. The van der Waals surface area contributed by atoms with E-state index < -0.39 is 5.97 Å². The van der Waals surface area contributed by atoms with Gasteiger partial charge in [0, 0.05) is 11.6 Å². The number of carboxylic acids is 1. The van der Waals surface area contributed by atoms with Crippen LogP contribution in [0.25, 0.3) is 10.9 Å². The van der Waals surface area contributed by atoms with Crippen LogP contribution in [0.5, 0.6) is 0 Å². The topological polar surface area (TPSA) is 82.2 Å². The van der Waals surface area contributed by atoms with Gasteiger partial charge >= 0.3 is 5.97 Å². The van der Waals surface area contributed by atoms with E-state index >= 15 is 0 Å². The van der Waals surface area contributed by atoms with Crippen LogP contribution in [0, 0.1) is 5.92 Å². The number of nitrogens with one attached hydrogen (secondary N) is 2. The molecule has 2 aromatic carbocycles. The van der Waals surface area contributed by atoms with Gasteiger partial charge in [0.2, 0.25) is 0 Å². The van der Waals surface area contributed by atoms with E-state index in [2.05, 4.69) is 24.1 Å². The van der Waals surface area contributed by atoms with Crippen molar-refractivity contribution in [3.05, 3.63) is 71.4 Å². The van der Waals surface area contributed by atoms with Crippen LogP contribution < -0.4 is 5.32 Å². The Balaban J connectivity index is 1.90. The summed E-state index contributed by atoms with van der Waals surface area (Å²) < 4.78 is 0. The van der Waals surface area contributed by atoms with Crippen LogP contribution in [0.1, 0.15) is 47.8 Å². The minimum Gasteiger partial charge on any atom is -0.481 e. The zero-order valence-electron chi connectivity index (χ0n) is 15.5. The Bertz CT molecular complexity index is 945. The highest BCUT2D eigenvalue weighted by atomic mass is 16.4. The number of aliphatic carboxylic acids is 1. The van der Waals surface area contributed by atoms with E-state index in [1.165, 1.54) is 0 Å². The number of rotatable bonds is 7. The van der Waals surface area contributed by atoms with Crippen LogP contribution in [-0.2, 0) is 11.2 Å². The van der Waals surface area contributed by atoms with Gasteiger partial charge in [-0.15, -0.1) is 0 Å². The smallest absolute Gasteiger partial charge is 0.307 e. The summed E-state index contributed by atoms with van der Waals surface area (Å²) >= 11 is 0. The van der Waals surface area contributed by atoms with E-state index in [4.69, 9.17) is 5.11 Å². The number of H-pyrrole nitrogens is 1. The molecule has 5 heteroatoms. The highest BCUT2D eigenvalue weighted by Gasteiger charge is 2.20. The maximum absolute atomic E-state index is 13.0. The second kappa shape index (κ2) is 8.08. The van der Waals surface area contributed by atoms with Crippen molar-refractivity contribution in [1.82, 2.24) is 10.3 Å². The lowest BCUT2D eigenvalue weighted by Crippen LogP contribution is -2.29. The van der Waals surface area contributed by atoms with Crippen LogP contribution in [0.15, 0.2) is 54.7 Å². The number of hydrogen-bond donors (Lipinski definition) is 3. The molecule has 1 unspecified atom stereocenters. The summed E-state index contributed by atoms with van der Waals surface area (Å²) in [6.07, 6.45) is 2.42. The molecule has 3 rings (SSSR count). The van der Waals surface area contributed by atoms with E-state index in [0.29, 0.717) is 22.6 Å². The fourth-order valence-corrected chi connectivity index (χ4v) is 3.38. The summed E-state index contributed by atoms with van der Waals surface area (Å²) in [6.45, 7) is 4.26. The Kier molecular flexibility index (Phi) is 5.60. The van der Waals surface area contributed by atoms with Gasteiger partial charge in [-0.1, -0.05) is 56.3 Å². The number of aromatic amines is 1. The molecule has 0 saturated carbocycles. The molecule has 1 heterocycles. The van der Waals surface area contributed by atoms with Gasteiger partial charge in [0.25, 0.3) is 5.91 Å². The number of benzene rings is 2. The molecule has 0 aliphatic carbocycles. The third-order valence-electron chi connectivity index (χ3n) is 4.60. The average molecular weight is 364 g/mol. The number of carbonyl (C=O) groups is 2. The van der Waals surface area contributed by atoms with E-state index in [1.807, 2.05) is 36.4 Å². The molecule has 0 bridgehead atoms. The predicted molar refractivity (Wildman–Crippen MR) is 106 cm³/mol. The molecule has 3 aromatic rings. The van der Waals surface area contributed by atoms with E-state index in [0.717, 1.165) is 17.4 Å². The Labute approximate surface area is 158 Å². The highest BCUT2D eigenvalue weighted by molar-refractivity contribution is 6.07. The van der Waals surface area contributed by atoms with Gasteiger partial charge in [-0.05, 0) is 29.5 Å². The monoisotopic (exact) mass is 364 g/mol. The van der Waals surface area contributed by atoms with Crippen molar-refractivity contribution >= 4 is 22.8 Å². The first kappa shape index (κ1) is 18.7. The van der Waals surface area contributed by atoms with Gasteiger partial charge in [0.15, 0.2) is 0 Å². The molecule has 1 aromatic heterocycles. The van der Waals surface area contributed by atoms with Gasteiger partial charge in [-0.25, -0.2) is 0 Å². The Morgan fingerprint density at radius 3 is 2.48 bits per heavy atom. The summed E-state index contributed by atoms with van der Waals surface area (Å²) in [7, 11) is 0. The quantitative estimate of drug-likeness (QED) is 0.584. The summed E-state index contributed by atoms with van der Waals surface area (Å²) in [5, 5.41) is 13.0. The van der Waals surface area contributed by atoms with Crippen LogP contribution in [0.3, 0.4) is 0 Å². The van der Waals surface area contributed by atoms with E-state index in [-0.39, 0.29) is 18.4 Å². The van der Waals surface area contributed by atoms with Gasteiger partial charge in [-0.3, -0.25) is 9.59 Å². The Hall–Kier alpha value is -3.08. The minimum atomic E-state index is -0.896. The number of aromatic nitrogens is 1. The van der Waals surface area contributed by atoms with Crippen LogP contribution in [0.2, 0.25) is 0 Å². The lowest BCUT2D eigenvalue weighted by Gasteiger charge is -2.21. The lowest BCUT2D eigenvalue weighted by molar-refractivity contribution is -0.136. The van der Waals surface area contributed by atoms with Gasteiger partial charge in [-0.2, -0.15) is 0 Å². The molecule has 0 fully saturated rings. The standard InChI is InChI=1S/C22H24N2O3/c1-14(2)11-19(15-7-4-3-5-8-15)24-22(27)18-10-6-9-17-16(12-20(25)26)13-23-21(17)18/h3-10,13-14,19,23H,11-12H2,1-2H3,(H,24,27)(H,25,26). The molecular weight excluding hydrogens is 340 g/mol. The maximum atomic E-state index is 13.0. The molecule has 5 nitrogen and oxygen atoms in total. The molecule has 0 aliphatic rings. The van der Waals surface area contributed by atoms with Crippen molar-refractivity contribution in [1.29, 1.82) is 0 Å². The normalized spacial score (nSPS) is 12.3. The molecule has 1 amide bonds. The van der Waals surface area contributed by atoms with Crippen LogP contribution in [-0.4, -0.2) is 22.0 Å². The molecule has 0 radical (unpaired) electrons. The first-order valence-electron chi connectivity index (χ1n) is 9.12.